The van der Waals surface area contributed by atoms with Crippen LogP contribution in [0.15, 0.2) is 18.2 Å². The predicted molar refractivity (Wildman–Crippen MR) is 88.7 cm³/mol. The maximum Gasteiger partial charge on any atom is 0.273 e. The minimum Gasteiger partial charge on any atom is -0.348 e. The molecule has 6 nitrogen and oxygen atoms in total. The highest BCUT2D eigenvalue weighted by Crippen LogP contribution is 2.25. The van der Waals surface area contributed by atoms with Gasteiger partial charge in [-0.3, -0.25) is 4.79 Å². The molecule has 1 aliphatic carbocycles. The summed E-state index contributed by atoms with van der Waals surface area (Å²) in [5, 5.41) is 11.0. The number of nitrogens with two attached hydrogens (primary N) is 1. The number of nitrogens with zero attached hydrogens (tertiary/aromatic N) is 3. The summed E-state index contributed by atoms with van der Waals surface area (Å²) in [4.78, 5) is 12.5. The van der Waals surface area contributed by atoms with Crippen LogP contribution in [0.3, 0.4) is 0 Å². The third-order valence-electron chi connectivity index (χ3n) is 4.54. The molecule has 1 aliphatic rings. The summed E-state index contributed by atoms with van der Waals surface area (Å²) in [6.45, 7) is 2.30. The lowest BCUT2D eigenvalue weighted by Crippen LogP contribution is -2.40. The monoisotopic (exact) mass is 351 g/mol. The summed E-state index contributed by atoms with van der Waals surface area (Å²) in [6, 6.07) is 4.31. The average Bonchev–Trinajstić information content (AvgIpc) is 3.16. The fraction of sp³-hybridized carbons (Fsp3) is 0.438. The van der Waals surface area contributed by atoms with Gasteiger partial charge in [0.25, 0.3) is 5.91 Å². The number of rotatable bonds is 4. The van der Waals surface area contributed by atoms with Gasteiger partial charge in [0.1, 0.15) is 5.82 Å². The Hall–Kier alpha value is -1.99. The molecular formula is C16H19ClFN5O. The number of carbonyl (C=O) groups is 1. The average molecular weight is 352 g/mol. The van der Waals surface area contributed by atoms with E-state index in [1.165, 1.54) is 22.9 Å². The van der Waals surface area contributed by atoms with Gasteiger partial charge < -0.3 is 11.1 Å². The van der Waals surface area contributed by atoms with Crippen molar-refractivity contribution in [1.82, 2.24) is 20.3 Å². The van der Waals surface area contributed by atoms with E-state index in [1.54, 1.807) is 6.92 Å². The van der Waals surface area contributed by atoms with Crippen LogP contribution in [0.4, 0.5) is 4.39 Å². The molecule has 1 fully saturated rings. The molecule has 2 atom stereocenters. The Morgan fingerprint density at radius 2 is 2.29 bits per heavy atom. The Morgan fingerprint density at radius 3 is 3.00 bits per heavy atom. The largest absolute Gasteiger partial charge is 0.348 e. The van der Waals surface area contributed by atoms with Crippen LogP contribution in [0.25, 0.3) is 5.69 Å². The Balaban J connectivity index is 1.81. The molecule has 0 saturated heterocycles. The van der Waals surface area contributed by atoms with Crippen LogP contribution in [-0.4, -0.2) is 33.5 Å². The molecule has 3 rings (SSSR count). The first-order valence-corrected chi connectivity index (χ1v) is 8.27. The normalized spacial score (nSPS) is 20.3. The molecule has 1 heterocycles. The van der Waals surface area contributed by atoms with Crippen LogP contribution in [0.5, 0.6) is 0 Å². The maximum absolute atomic E-state index is 13.3. The number of halogens is 2. The number of nitrogens with one attached hydrogen (secondary N) is 1. The van der Waals surface area contributed by atoms with E-state index in [2.05, 4.69) is 15.6 Å². The number of aromatic nitrogens is 3. The van der Waals surface area contributed by atoms with Crippen molar-refractivity contribution in [3.8, 4) is 5.69 Å². The minimum atomic E-state index is -0.509. The lowest BCUT2D eigenvalue weighted by Gasteiger charge is -2.18. The van der Waals surface area contributed by atoms with Gasteiger partial charge in [-0.15, -0.1) is 5.10 Å². The first-order valence-electron chi connectivity index (χ1n) is 7.90. The molecule has 0 spiro atoms. The van der Waals surface area contributed by atoms with Gasteiger partial charge in [-0.05, 0) is 50.4 Å². The van der Waals surface area contributed by atoms with Crippen LogP contribution in [0.2, 0.25) is 5.02 Å². The van der Waals surface area contributed by atoms with Crippen molar-refractivity contribution >= 4 is 17.5 Å². The summed E-state index contributed by atoms with van der Waals surface area (Å²) in [6.07, 6.45) is 3.02. The minimum absolute atomic E-state index is 0.00913. The number of hydrogen-bond donors (Lipinski definition) is 2. The van der Waals surface area contributed by atoms with Crippen molar-refractivity contribution in [1.29, 1.82) is 0 Å². The fourth-order valence-electron chi connectivity index (χ4n) is 3.15. The third-order valence-corrected chi connectivity index (χ3v) is 4.83. The van der Waals surface area contributed by atoms with Gasteiger partial charge in [0.05, 0.1) is 16.4 Å². The molecule has 3 N–H and O–H groups in total. The molecule has 0 bridgehead atoms. The molecular weight excluding hydrogens is 333 g/mol. The molecule has 1 amide bonds. The molecule has 1 aromatic heterocycles. The molecule has 128 valence electrons. The van der Waals surface area contributed by atoms with Crippen molar-refractivity contribution < 1.29 is 9.18 Å². The van der Waals surface area contributed by atoms with Crippen LogP contribution in [0.1, 0.15) is 35.4 Å². The quantitative estimate of drug-likeness (QED) is 0.884. The van der Waals surface area contributed by atoms with Gasteiger partial charge in [-0.1, -0.05) is 23.2 Å². The van der Waals surface area contributed by atoms with Crippen LogP contribution in [-0.2, 0) is 0 Å². The molecule has 1 saturated carbocycles. The summed E-state index contributed by atoms with van der Waals surface area (Å²) < 4.78 is 14.8. The predicted octanol–water partition coefficient (Wildman–Crippen LogP) is 2.23. The zero-order valence-corrected chi connectivity index (χ0v) is 14.1. The highest BCUT2D eigenvalue weighted by Gasteiger charge is 2.29. The molecule has 0 radical (unpaired) electrons. The zero-order valence-electron chi connectivity index (χ0n) is 13.3. The van der Waals surface area contributed by atoms with Crippen molar-refractivity contribution in [3.63, 3.8) is 0 Å². The summed E-state index contributed by atoms with van der Waals surface area (Å²) in [5.74, 6) is -0.470. The van der Waals surface area contributed by atoms with Crippen molar-refractivity contribution in [3.05, 3.63) is 40.4 Å². The Bertz CT molecular complexity index is 763. The van der Waals surface area contributed by atoms with E-state index in [4.69, 9.17) is 17.3 Å². The molecule has 1 aromatic carbocycles. The second-order valence-corrected chi connectivity index (χ2v) is 6.45. The van der Waals surface area contributed by atoms with E-state index in [9.17, 15) is 9.18 Å². The molecule has 24 heavy (non-hydrogen) atoms. The SMILES string of the molecule is Cc1c(C(=O)NC2CCCC2CN)nnn1-c1ccc(F)c(Cl)c1. The van der Waals surface area contributed by atoms with Crippen molar-refractivity contribution in [2.24, 2.45) is 11.7 Å². The van der Waals surface area contributed by atoms with Crippen molar-refractivity contribution in [2.45, 2.75) is 32.2 Å². The summed E-state index contributed by atoms with van der Waals surface area (Å²) in [7, 11) is 0. The number of benzene rings is 1. The standard InChI is InChI=1S/C16H19ClFN5O/c1-9-15(16(24)20-14-4-2-3-10(14)8-19)21-22-23(9)11-5-6-13(18)12(17)7-11/h5-7,10,14H,2-4,8,19H2,1H3,(H,20,24). The Morgan fingerprint density at radius 1 is 1.50 bits per heavy atom. The first-order chi connectivity index (χ1) is 11.5. The zero-order chi connectivity index (χ0) is 17.3. The van der Waals surface area contributed by atoms with E-state index in [0.29, 0.717) is 23.8 Å². The summed E-state index contributed by atoms with van der Waals surface area (Å²) in [5.41, 5.74) is 7.11. The van der Waals surface area contributed by atoms with E-state index < -0.39 is 5.82 Å². The topological polar surface area (TPSA) is 85.8 Å². The Kier molecular flexibility index (Phi) is 4.82. The molecule has 0 aliphatic heterocycles. The highest BCUT2D eigenvalue weighted by atomic mass is 35.5. The van der Waals surface area contributed by atoms with E-state index in [1.807, 2.05) is 0 Å². The lowest BCUT2D eigenvalue weighted by atomic mass is 10.0. The van der Waals surface area contributed by atoms with Gasteiger partial charge in [0.15, 0.2) is 5.69 Å². The van der Waals surface area contributed by atoms with Gasteiger partial charge >= 0.3 is 0 Å². The van der Waals surface area contributed by atoms with Crippen LogP contribution in [0, 0.1) is 18.7 Å². The van der Waals surface area contributed by atoms with E-state index >= 15 is 0 Å². The smallest absolute Gasteiger partial charge is 0.273 e. The number of hydrogen-bond acceptors (Lipinski definition) is 4. The Labute approximate surface area is 144 Å². The molecule has 2 unspecified atom stereocenters. The lowest BCUT2D eigenvalue weighted by molar-refractivity contribution is 0.0923. The second kappa shape index (κ2) is 6.86. The van der Waals surface area contributed by atoms with E-state index in [0.717, 1.165) is 19.3 Å². The molecule has 8 heteroatoms. The highest BCUT2D eigenvalue weighted by molar-refractivity contribution is 6.30. The van der Waals surface area contributed by atoms with Gasteiger partial charge in [0.2, 0.25) is 0 Å². The van der Waals surface area contributed by atoms with Gasteiger partial charge in [-0.25, -0.2) is 9.07 Å². The third kappa shape index (κ3) is 3.14. The number of amides is 1. The second-order valence-electron chi connectivity index (χ2n) is 6.04. The van der Waals surface area contributed by atoms with Crippen LogP contribution >= 0.6 is 11.6 Å². The van der Waals surface area contributed by atoms with Crippen molar-refractivity contribution in [2.75, 3.05) is 6.54 Å². The van der Waals surface area contributed by atoms with E-state index in [-0.39, 0.29) is 22.7 Å². The molecule has 2 aromatic rings. The first kappa shape index (κ1) is 16.9. The van der Waals surface area contributed by atoms with Gasteiger partial charge in [-0.2, -0.15) is 0 Å². The summed E-state index contributed by atoms with van der Waals surface area (Å²) >= 11 is 5.80. The number of carbonyl (C=O) groups excluding carboxylic acids is 1. The fourth-order valence-corrected chi connectivity index (χ4v) is 3.32. The maximum atomic E-state index is 13.3. The van der Waals surface area contributed by atoms with Crippen LogP contribution < -0.4 is 11.1 Å². The van der Waals surface area contributed by atoms with Gasteiger partial charge in [0, 0.05) is 6.04 Å².